The van der Waals surface area contributed by atoms with E-state index >= 15 is 0 Å². The van der Waals surface area contributed by atoms with E-state index in [0.717, 1.165) is 5.56 Å². The van der Waals surface area contributed by atoms with Crippen molar-refractivity contribution >= 4 is 11.8 Å². The van der Waals surface area contributed by atoms with Crippen molar-refractivity contribution in [2.45, 2.75) is 25.8 Å². The van der Waals surface area contributed by atoms with Crippen molar-refractivity contribution in [3.8, 4) is 0 Å². The van der Waals surface area contributed by atoms with Crippen LogP contribution in [0.15, 0.2) is 30.3 Å². The first-order chi connectivity index (χ1) is 9.66. The van der Waals surface area contributed by atoms with E-state index in [-0.39, 0.29) is 17.9 Å². The van der Waals surface area contributed by atoms with Crippen LogP contribution in [0.1, 0.15) is 30.1 Å². The highest BCUT2D eigenvalue weighted by molar-refractivity contribution is 5.94. The summed E-state index contributed by atoms with van der Waals surface area (Å²) in [6.45, 7) is 3.60. The molecule has 1 aromatic rings. The van der Waals surface area contributed by atoms with Crippen molar-refractivity contribution in [2.24, 2.45) is 5.92 Å². The van der Waals surface area contributed by atoms with Gasteiger partial charge in [-0.05, 0) is 30.9 Å². The minimum atomic E-state index is 0.103. The Morgan fingerprint density at radius 2 is 1.80 bits per heavy atom. The van der Waals surface area contributed by atoms with Gasteiger partial charge < -0.3 is 9.80 Å². The number of hydrogen-bond acceptors (Lipinski definition) is 2. The van der Waals surface area contributed by atoms with Gasteiger partial charge in [0.05, 0.1) is 6.04 Å². The molecule has 0 aromatic heterocycles. The van der Waals surface area contributed by atoms with Crippen molar-refractivity contribution in [3.05, 3.63) is 35.9 Å². The van der Waals surface area contributed by atoms with Gasteiger partial charge in [-0.2, -0.15) is 0 Å². The molecule has 4 nitrogen and oxygen atoms in total. The zero-order valence-electron chi connectivity index (χ0n) is 11.8. The molecule has 0 spiro atoms. The second kappa shape index (κ2) is 5.27. The summed E-state index contributed by atoms with van der Waals surface area (Å²) in [7, 11) is 0. The molecule has 1 aliphatic heterocycles. The Kier molecular flexibility index (Phi) is 3.47. The fourth-order valence-electron chi connectivity index (χ4n) is 2.98. The van der Waals surface area contributed by atoms with Crippen LogP contribution in [0.25, 0.3) is 0 Å². The Bertz CT molecular complexity index is 510. The standard InChI is InChI=1S/C16H20N2O2/c1-12(19)17-9-10-18(15(11-17)13-7-8-13)16(20)14-5-3-2-4-6-14/h2-6,13,15H,7-11H2,1H3. The van der Waals surface area contributed by atoms with Gasteiger partial charge in [0.25, 0.3) is 5.91 Å². The number of hydrogen-bond donors (Lipinski definition) is 0. The van der Waals surface area contributed by atoms with Crippen LogP contribution >= 0.6 is 0 Å². The van der Waals surface area contributed by atoms with Crippen molar-refractivity contribution in [1.82, 2.24) is 9.80 Å². The van der Waals surface area contributed by atoms with Crippen LogP contribution in [0.4, 0.5) is 0 Å². The lowest BCUT2D eigenvalue weighted by molar-refractivity contribution is -0.131. The van der Waals surface area contributed by atoms with E-state index in [1.165, 1.54) is 12.8 Å². The highest BCUT2D eigenvalue weighted by Crippen LogP contribution is 2.37. The summed E-state index contributed by atoms with van der Waals surface area (Å²) in [5.41, 5.74) is 0.745. The molecule has 1 atom stereocenters. The Balaban J connectivity index is 1.78. The summed E-state index contributed by atoms with van der Waals surface area (Å²) in [6.07, 6.45) is 2.35. The summed E-state index contributed by atoms with van der Waals surface area (Å²) in [6, 6.07) is 9.63. The van der Waals surface area contributed by atoms with E-state index in [1.54, 1.807) is 6.92 Å². The van der Waals surface area contributed by atoms with Gasteiger partial charge in [0.15, 0.2) is 0 Å². The number of benzene rings is 1. The molecule has 1 unspecified atom stereocenters. The molecule has 20 heavy (non-hydrogen) atoms. The van der Waals surface area contributed by atoms with Gasteiger partial charge in [-0.3, -0.25) is 9.59 Å². The van der Waals surface area contributed by atoms with Gasteiger partial charge in [-0.1, -0.05) is 18.2 Å². The third-order valence-electron chi connectivity index (χ3n) is 4.31. The van der Waals surface area contributed by atoms with E-state index in [0.29, 0.717) is 25.6 Å². The lowest BCUT2D eigenvalue weighted by atomic mass is 10.0. The second-order valence-corrected chi connectivity index (χ2v) is 5.73. The van der Waals surface area contributed by atoms with Crippen LogP contribution in [0.3, 0.4) is 0 Å². The molecule has 2 fully saturated rings. The van der Waals surface area contributed by atoms with Gasteiger partial charge in [0.1, 0.15) is 0 Å². The summed E-state index contributed by atoms with van der Waals surface area (Å²) < 4.78 is 0. The summed E-state index contributed by atoms with van der Waals surface area (Å²) in [4.78, 5) is 28.0. The topological polar surface area (TPSA) is 40.6 Å². The molecule has 1 saturated heterocycles. The molecule has 0 radical (unpaired) electrons. The summed E-state index contributed by atoms with van der Waals surface area (Å²) in [5.74, 6) is 0.790. The fourth-order valence-corrected chi connectivity index (χ4v) is 2.98. The van der Waals surface area contributed by atoms with Crippen LogP contribution < -0.4 is 0 Å². The van der Waals surface area contributed by atoms with Crippen LogP contribution in [-0.4, -0.2) is 47.3 Å². The van der Waals surface area contributed by atoms with Crippen LogP contribution in [0.2, 0.25) is 0 Å². The number of piperazine rings is 1. The van der Waals surface area contributed by atoms with Crippen molar-refractivity contribution in [1.29, 1.82) is 0 Å². The normalized spacial score (nSPS) is 22.8. The largest absolute Gasteiger partial charge is 0.339 e. The first kappa shape index (κ1) is 13.2. The monoisotopic (exact) mass is 272 g/mol. The van der Waals surface area contributed by atoms with E-state index in [9.17, 15) is 9.59 Å². The summed E-state index contributed by atoms with van der Waals surface area (Å²) >= 11 is 0. The van der Waals surface area contributed by atoms with Crippen molar-refractivity contribution in [2.75, 3.05) is 19.6 Å². The van der Waals surface area contributed by atoms with Gasteiger partial charge in [-0.25, -0.2) is 0 Å². The minimum absolute atomic E-state index is 0.103. The summed E-state index contributed by atoms with van der Waals surface area (Å²) in [5, 5.41) is 0. The first-order valence-electron chi connectivity index (χ1n) is 7.28. The number of amides is 2. The molecular weight excluding hydrogens is 252 g/mol. The maximum atomic E-state index is 12.6. The molecule has 2 amide bonds. The van der Waals surface area contributed by atoms with Crippen molar-refractivity contribution < 1.29 is 9.59 Å². The van der Waals surface area contributed by atoms with E-state index < -0.39 is 0 Å². The second-order valence-electron chi connectivity index (χ2n) is 5.73. The van der Waals surface area contributed by atoms with E-state index in [4.69, 9.17) is 0 Å². The molecule has 2 aliphatic rings. The van der Waals surface area contributed by atoms with E-state index in [1.807, 2.05) is 40.1 Å². The van der Waals surface area contributed by atoms with Gasteiger partial charge in [-0.15, -0.1) is 0 Å². The van der Waals surface area contributed by atoms with Crippen LogP contribution in [0, 0.1) is 5.92 Å². The Morgan fingerprint density at radius 1 is 1.10 bits per heavy atom. The van der Waals surface area contributed by atoms with Crippen LogP contribution in [0.5, 0.6) is 0 Å². The number of carbonyl (C=O) groups is 2. The SMILES string of the molecule is CC(=O)N1CCN(C(=O)c2ccccc2)C(C2CC2)C1. The highest BCUT2D eigenvalue weighted by atomic mass is 16.2. The molecule has 1 aliphatic carbocycles. The molecule has 0 bridgehead atoms. The van der Waals surface area contributed by atoms with Gasteiger partial charge in [0.2, 0.25) is 5.91 Å². The average Bonchev–Trinajstić information content (AvgIpc) is 3.31. The zero-order chi connectivity index (χ0) is 14.1. The molecule has 4 heteroatoms. The minimum Gasteiger partial charge on any atom is -0.339 e. The van der Waals surface area contributed by atoms with Gasteiger partial charge >= 0.3 is 0 Å². The smallest absolute Gasteiger partial charge is 0.254 e. The van der Waals surface area contributed by atoms with Gasteiger partial charge in [0, 0.05) is 32.1 Å². The molecule has 1 saturated carbocycles. The molecule has 0 N–H and O–H groups in total. The number of nitrogens with zero attached hydrogens (tertiary/aromatic N) is 2. The lowest BCUT2D eigenvalue weighted by Crippen LogP contribution is -2.57. The molecule has 1 heterocycles. The van der Waals surface area contributed by atoms with E-state index in [2.05, 4.69) is 0 Å². The predicted molar refractivity (Wildman–Crippen MR) is 76.2 cm³/mol. The van der Waals surface area contributed by atoms with Crippen LogP contribution in [-0.2, 0) is 4.79 Å². The maximum absolute atomic E-state index is 12.6. The fraction of sp³-hybridized carbons (Fsp3) is 0.500. The molecular formula is C16H20N2O2. The Morgan fingerprint density at radius 3 is 2.40 bits per heavy atom. The highest BCUT2D eigenvalue weighted by Gasteiger charge is 2.41. The lowest BCUT2D eigenvalue weighted by Gasteiger charge is -2.41. The molecule has 1 aromatic carbocycles. The number of rotatable bonds is 2. The molecule has 3 rings (SSSR count). The van der Waals surface area contributed by atoms with Crippen molar-refractivity contribution in [3.63, 3.8) is 0 Å². The Labute approximate surface area is 119 Å². The average molecular weight is 272 g/mol. The Hall–Kier alpha value is -1.84. The molecule has 106 valence electrons. The third-order valence-corrected chi connectivity index (χ3v) is 4.31. The number of carbonyl (C=O) groups excluding carboxylic acids is 2. The quantitative estimate of drug-likeness (QED) is 0.823. The first-order valence-corrected chi connectivity index (χ1v) is 7.28. The maximum Gasteiger partial charge on any atom is 0.254 e. The predicted octanol–water partition coefficient (Wildman–Crippen LogP) is 1.77. The zero-order valence-corrected chi connectivity index (χ0v) is 11.8. The third kappa shape index (κ3) is 2.55.